The number of rotatable bonds is 0. The third kappa shape index (κ3) is 45.5. The number of hydrogen-bond donors (Lipinski definition) is 1. The smallest absolute Gasteiger partial charge is 0.503 e. The predicted octanol–water partition coefficient (Wildman–Crippen LogP) is -3.76. The molecule has 0 heterocycles. The molecule has 0 aliphatic heterocycles. The molecule has 0 aliphatic carbocycles. The van der Waals surface area contributed by atoms with Gasteiger partial charge in [0.1, 0.15) is 0 Å². The summed E-state index contributed by atoms with van der Waals surface area (Å²) in [5.74, 6) is 0. The molecule has 0 saturated carbocycles. The zero-order valence-electron chi connectivity index (χ0n) is 3.58. The van der Waals surface area contributed by atoms with Crippen molar-refractivity contribution < 1.29 is 18.9 Å². The summed E-state index contributed by atoms with van der Waals surface area (Å²) in [5.41, 5.74) is 0. The molecule has 5 heavy (non-hydrogen) atoms. The molecule has 1 nitrogen and oxygen atoms in total. The molecule has 0 rings (SSSR count). The van der Waals surface area contributed by atoms with E-state index in [0.29, 0.717) is 0 Å². The molecule has 0 aliphatic rings. The van der Waals surface area contributed by atoms with E-state index in [4.69, 9.17) is 5.40 Å². The summed E-state index contributed by atoms with van der Waals surface area (Å²) in [7, 11) is 2.62. The third-order valence-corrected chi connectivity index (χ3v) is 0. The Hall–Kier alpha value is 0.991. The average Bonchev–Trinajstić information content (AvgIpc) is 0.811. The second-order valence-corrected chi connectivity index (χ2v) is 4.42. The maximum Gasteiger partial charge on any atom is 1.00 e. The summed E-state index contributed by atoms with van der Waals surface area (Å²) < 4.78 is 0. The topological polar surface area (TPSA) is 26.0 Å². The Kier molecular flexibility index (Phi) is 9.35. The molecule has 0 aromatic carbocycles. The van der Waals surface area contributed by atoms with Gasteiger partial charge < -0.3 is 5.40 Å². The first-order valence-electron chi connectivity index (χ1n) is 1.04. The molecule has 3 radical (unpaired) electrons. The Balaban J connectivity index is 0. The van der Waals surface area contributed by atoms with Crippen LogP contribution in [-0.2, 0) is 0 Å². The van der Waals surface area contributed by atoms with Crippen LogP contribution in [0.5, 0.6) is 0 Å². The van der Waals surface area contributed by atoms with Gasteiger partial charge in [0.25, 0.3) is 0 Å². The van der Waals surface area contributed by atoms with Gasteiger partial charge in [0, 0.05) is 0 Å². The van der Waals surface area contributed by atoms with Crippen LogP contribution in [0.25, 0.3) is 0 Å². The van der Waals surface area contributed by atoms with Crippen LogP contribution in [0.2, 0.25) is 6.55 Å². The Morgan fingerprint density at radius 1 is 1.80 bits per heavy atom. The summed E-state index contributed by atoms with van der Waals surface area (Å²) in [6.07, 6.45) is 0. The van der Waals surface area contributed by atoms with Gasteiger partial charge in [-0.25, -0.2) is 18.2 Å². The molecule has 0 spiro atoms. The Morgan fingerprint density at radius 3 is 1.80 bits per heavy atom. The second kappa shape index (κ2) is 4.99. The Labute approximate surface area is 49.4 Å². The largest absolute Gasteiger partial charge is 1.00 e. The van der Waals surface area contributed by atoms with Gasteiger partial charge in [-0.2, -0.15) is 6.55 Å². The Morgan fingerprint density at radius 2 is 1.80 bits per heavy atom. The minimum absolute atomic E-state index is 0. The SMILES string of the molecule is C[Si-](N)[Si].[Li+]. The quantitative estimate of drug-likeness (QED) is 0.306. The fourth-order valence-electron chi connectivity index (χ4n) is 0. The van der Waals surface area contributed by atoms with E-state index in [0.717, 1.165) is 0 Å². The zero-order chi connectivity index (χ0) is 3.58. The molecule has 2 N–H and O–H groups in total. The predicted molar refractivity (Wildman–Crippen MR) is 21.6 cm³/mol. The first-order valence-corrected chi connectivity index (χ1v) is 4.62. The van der Waals surface area contributed by atoms with E-state index in [1.165, 1.54) is 0 Å². The average molecular weight is 94.2 g/mol. The van der Waals surface area contributed by atoms with Crippen molar-refractivity contribution in [2.45, 2.75) is 6.55 Å². The van der Waals surface area contributed by atoms with Crippen LogP contribution in [0.3, 0.4) is 0 Å². The van der Waals surface area contributed by atoms with Crippen LogP contribution in [0.1, 0.15) is 0 Å². The van der Waals surface area contributed by atoms with Crippen LogP contribution in [-0.4, -0.2) is 18.2 Å². The molecule has 4 heteroatoms. The summed E-state index contributed by atoms with van der Waals surface area (Å²) in [6, 6.07) is 0. The summed E-state index contributed by atoms with van der Waals surface area (Å²) in [6.45, 7) is 1.96. The van der Waals surface area contributed by atoms with Gasteiger partial charge in [0.2, 0.25) is 0 Å². The van der Waals surface area contributed by atoms with Gasteiger partial charge in [-0.05, 0) is 0 Å². The van der Waals surface area contributed by atoms with Crippen molar-refractivity contribution in [3.8, 4) is 0 Å². The third-order valence-electron chi connectivity index (χ3n) is 0. The van der Waals surface area contributed by atoms with E-state index in [1.807, 2.05) is 6.55 Å². The molecule has 23 valence electrons. The molecular formula is CH5LiNSi2. The van der Waals surface area contributed by atoms with Gasteiger partial charge >= 0.3 is 18.9 Å². The molecule has 0 fully saturated rings. The van der Waals surface area contributed by atoms with E-state index in [-0.39, 0.29) is 18.9 Å². The minimum Gasteiger partial charge on any atom is -0.503 e. The van der Waals surface area contributed by atoms with E-state index in [9.17, 15) is 0 Å². The molecule has 0 saturated heterocycles. The van der Waals surface area contributed by atoms with Gasteiger partial charge in [0.15, 0.2) is 0 Å². The normalized spacial score (nSPS) is 7.20. The van der Waals surface area contributed by atoms with Crippen LogP contribution in [0.15, 0.2) is 0 Å². The number of nitrogens with two attached hydrogens (primary N) is 1. The van der Waals surface area contributed by atoms with Gasteiger partial charge in [-0.1, -0.05) is 0 Å². The van der Waals surface area contributed by atoms with Crippen molar-refractivity contribution in [1.82, 2.24) is 0 Å². The molecule has 0 aromatic rings. The fraction of sp³-hybridized carbons (Fsp3) is 1.00. The van der Waals surface area contributed by atoms with Gasteiger partial charge in [-0.15, -0.1) is 0 Å². The van der Waals surface area contributed by atoms with Crippen LogP contribution in [0, 0.1) is 0 Å². The van der Waals surface area contributed by atoms with Gasteiger partial charge in [0.05, 0.1) is 0 Å². The van der Waals surface area contributed by atoms with Crippen molar-refractivity contribution in [1.29, 1.82) is 0 Å². The summed E-state index contributed by atoms with van der Waals surface area (Å²) >= 11 is 0. The molecule has 0 amide bonds. The Bertz CT molecular complexity index is 14.4. The minimum atomic E-state index is -0.574. The second-order valence-electron chi connectivity index (χ2n) is 0.683. The standard InChI is InChI=1S/CH5NSi2.Li/c1-4(2)3;/h2H2,1H3;/q-1;+1. The van der Waals surface area contributed by atoms with E-state index < -0.39 is 8.48 Å². The molecule has 0 unspecified atom stereocenters. The van der Waals surface area contributed by atoms with Crippen LogP contribution < -0.4 is 24.3 Å². The molecular weight excluding hydrogens is 89.1 g/mol. The van der Waals surface area contributed by atoms with Crippen LogP contribution >= 0.6 is 0 Å². The summed E-state index contributed by atoms with van der Waals surface area (Å²) in [4.78, 5) is 0. The first kappa shape index (κ1) is 9.37. The van der Waals surface area contributed by atoms with Crippen molar-refractivity contribution in [2.75, 3.05) is 0 Å². The van der Waals surface area contributed by atoms with Gasteiger partial charge in [-0.3, -0.25) is 0 Å². The van der Waals surface area contributed by atoms with Crippen LogP contribution in [0.4, 0.5) is 0 Å². The van der Waals surface area contributed by atoms with E-state index >= 15 is 0 Å². The zero-order valence-corrected chi connectivity index (χ0v) is 5.58. The summed E-state index contributed by atoms with van der Waals surface area (Å²) in [5, 5.41) is 5.13. The fourth-order valence-corrected chi connectivity index (χ4v) is 0. The molecule has 0 atom stereocenters. The van der Waals surface area contributed by atoms with Crippen molar-refractivity contribution in [3.63, 3.8) is 0 Å². The number of hydrogen-bond acceptors (Lipinski definition) is 1. The molecule has 0 bridgehead atoms. The van der Waals surface area contributed by atoms with E-state index in [1.54, 1.807) is 0 Å². The monoisotopic (exact) mass is 94.0 g/mol. The van der Waals surface area contributed by atoms with Crippen molar-refractivity contribution >= 4 is 18.2 Å². The van der Waals surface area contributed by atoms with E-state index in [2.05, 4.69) is 9.76 Å². The first-order chi connectivity index (χ1) is 1.73. The maximum atomic E-state index is 5.13. The van der Waals surface area contributed by atoms with Crippen molar-refractivity contribution in [2.24, 2.45) is 5.40 Å². The maximum absolute atomic E-state index is 5.13. The molecule has 0 aromatic heterocycles. The van der Waals surface area contributed by atoms with Crippen molar-refractivity contribution in [3.05, 3.63) is 0 Å².